The summed E-state index contributed by atoms with van der Waals surface area (Å²) in [6.45, 7) is 0. The van der Waals surface area contributed by atoms with Gasteiger partial charge in [0.15, 0.2) is 0 Å². The van der Waals surface area contributed by atoms with Crippen LogP contribution in [-0.4, -0.2) is 5.84 Å². The molecule has 0 aliphatic carbocycles. The number of furan rings is 2. The van der Waals surface area contributed by atoms with E-state index in [0.717, 1.165) is 72.0 Å². The summed E-state index contributed by atoms with van der Waals surface area (Å²) in [7, 11) is 0. The fourth-order valence-electron chi connectivity index (χ4n) is 7.67. The van der Waals surface area contributed by atoms with E-state index in [9.17, 15) is 0 Å². The summed E-state index contributed by atoms with van der Waals surface area (Å²) in [6.07, 6.45) is -0.449. The van der Waals surface area contributed by atoms with Gasteiger partial charge >= 0.3 is 0 Å². The first-order valence-corrected chi connectivity index (χ1v) is 18.0. The molecule has 0 saturated carbocycles. The van der Waals surface area contributed by atoms with Gasteiger partial charge in [0.2, 0.25) is 0 Å². The number of nitrogens with one attached hydrogen (secondary N) is 2. The Labute approximate surface area is 296 Å². The predicted octanol–water partition coefficient (Wildman–Crippen LogP) is 11.9. The van der Waals surface area contributed by atoms with Gasteiger partial charge in [-0.05, 0) is 64.7 Å². The van der Waals surface area contributed by atoms with Crippen molar-refractivity contribution in [1.82, 2.24) is 10.6 Å². The highest BCUT2D eigenvalue weighted by Gasteiger charge is 2.26. The lowest BCUT2D eigenvalue weighted by Gasteiger charge is -2.32. The highest BCUT2D eigenvalue weighted by Crippen LogP contribution is 2.41. The Bertz CT molecular complexity index is 3010. The van der Waals surface area contributed by atoms with Crippen molar-refractivity contribution in [2.45, 2.75) is 12.3 Å². The zero-order chi connectivity index (χ0) is 33.5. The first kappa shape index (κ1) is 28.6. The lowest BCUT2D eigenvalue weighted by Crippen LogP contribution is -2.44. The largest absolute Gasteiger partial charge is 0.456 e. The molecule has 3 aromatic heterocycles. The van der Waals surface area contributed by atoms with Crippen molar-refractivity contribution in [3.63, 3.8) is 0 Å². The summed E-state index contributed by atoms with van der Waals surface area (Å²) in [6, 6.07) is 53.2. The second-order valence-corrected chi connectivity index (χ2v) is 14.2. The van der Waals surface area contributed by atoms with Crippen LogP contribution >= 0.6 is 11.3 Å². The number of aliphatic imine (C=N–C) groups is 1. The Morgan fingerprint density at radius 2 is 1.14 bits per heavy atom. The molecule has 10 aromatic rings. The zero-order valence-corrected chi connectivity index (χ0v) is 28.1. The van der Waals surface area contributed by atoms with Crippen LogP contribution in [0.2, 0.25) is 0 Å². The van der Waals surface area contributed by atoms with Crippen molar-refractivity contribution in [3.8, 4) is 11.1 Å². The molecule has 2 unspecified atom stereocenters. The van der Waals surface area contributed by atoms with Crippen LogP contribution in [0.1, 0.15) is 29.0 Å². The normalized spacial score (nSPS) is 16.4. The predicted molar refractivity (Wildman–Crippen MR) is 210 cm³/mol. The molecule has 0 amide bonds. The first-order valence-electron chi connectivity index (χ1n) is 17.2. The number of fused-ring (bicyclic) bond motifs is 9. The van der Waals surface area contributed by atoms with Crippen molar-refractivity contribution in [2.24, 2.45) is 4.99 Å². The summed E-state index contributed by atoms with van der Waals surface area (Å²) in [5.74, 6) is 0.803. The number of benzene rings is 7. The van der Waals surface area contributed by atoms with E-state index in [1.165, 1.54) is 25.7 Å². The quantitative estimate of drug-likeness (QED) is 0.195. The lowest BCUT2D eigenvalue weighted by molar-refractivity contribution is 0.409. The van der Waals surface area contributed by atoms with Crippen LogP contribution in [0, 0.1) is 0 Å². The van der Waals surface area contributed by atoms with E-state index in [4.69, 9.17) is 13.8 Å². The first-order chi connectivity index (χ1) is 25.2. The molecule has 11 rings (SSSR count). The van der Waals surface area contributed by atoms with Gasteiger partial charge in [-0.15, -0.1) is 11.3 Å². The fraction of sp³-hybridized carbons (Fsp3) is 0.0444. The average molecular weight is 676 g/mol. The topological polar surface area (TPSA) is 62.7 Å². The number of hydrogen-bond acceptors (Lipinski definition) is 6. The van der Waals surface area contributed by atoms with Crippen LogP contribution in [-0.2, 0) is 0 Å². The molecule has 1 aliphatic heterocycles. The maximum absolute atomic E-state index is 6.61. The number of hydrogen-bond donors (Lipinski definition) is 2. The number of para-hydroxylation sites is 1. The number of amidine groups is 1. The van der Waals surface area contributed by atoms with Gasteiger partial charge in [-0.1, -0.05) is 109 Å². The smallest absolute Gasteiger partial charge is 0.136 e. The maximum atomic E-state index is 6.61. The van der Waals surface area contributed by atoms with Crippen molar-refractivity contribution in [2.75, 3.05) is 0 Å². The molecule has 2 N–H and O–H groups in total. The highest BCUT2D eigenvalue weighted by atomic mass is 32.1. The SMILES string of the molecule is c1ccc(C2NC(c3ccc4c(c3)oc3cc(-c5cccc6c5sc5ccccc56)ccc34)=NC(c3ccc4c(c3)oc3ccccc34)N2)cc1. The van der Waals surface area contributed by atoms with E-state index >= 15 is 0 Å². The second-order valence-electron chi connectivity index (χ2n) is 13.2. The minimum Gasteiger partial charge on any atom is -0.456 e. The number of rotatable bonds is 4. The molecular formula is C45H29N3O2S. The van der Waals surface area contributed by atoms with Crippen LogP contribution in [0.4, 0.5) is 0 Å². The molecule has 0 spiro atoms. The van der Waals surface area contributed by atoms with E-state index < -0.39 is 0 Å². The third-order valence-corrected chi connectivity index (χ3v) is 11.4. The van der Waals surface area contributed by atoms with E-state index in [1.807, 2.05) is 35.6 Å². The second kappa shape index (κ2) is 11.2. The fourth-order valence-corrected chi connectivity index (χ4v) is 8.91. The Hall–Kier alpha value is -6.21. The Kier molecular flexibility index (Phi) is 6.26. The van der Waals surface area contributed by atoms with Crippen LogP contribution in [0.3, 0.4) is 0 Å². The number of thiophene rings is 1. The standard InChI is InChI=1S/C45H29N3O2S/c1-2-9-26(10-3-1)43-46-44(28-18-21-32-31-11-4-6-15-37(31)49-39(32)24-28)48-45(47-43)29-19-22-34-33-20-17-27(23-38(33)50-40(34)25-29)30-13-8-14-36-35-12-5-7-16-41(35)51-42(30)36/h1-25,43-44,46H,(H,47,48). The van der Waals surface area contributed by atoms with Crippen molar-refractivity contribution < 1.29 is 8.83 Å². The van der Waals surface area contributed by atoms with E-state index in [1.54, 1.807) is 0 Å². The van der Waals surface area contributed by atoms with Gasteiger partial charge < -0.3 is 14.2 Å². The third-order valence-electron chi connectivity index (χ3n) is 10.2. The molecule has 5 nitrogen and oxygen atoms in total. The monoisotopic (exact) mass is 675 g/mol. The Balaban J connectivity index is 0.999. The zero-order valence-electron chi connectivity index (χ0n) is 27.3. The summed E-state index contributed by atoms with van der Waals surface area (Å²) < 4.78 is 15.5. The molecule has 51 heavy (non-hydrogen) atoms. The highest BCUT2D eigenvalue weighted by molar-refractivity contribution is 7.26. The molecular weight excluding hydrogens is 647 g/mol. The third kappa shape index (κ3) is 4.61. The van der Waals surface area contributed by atoms with Gasteiger partial charge in [-0.25, -0.2) is 4.99 Å². The average Bonchev–Trinajstić information content (AvgIpc) is 3.88. The van der Waals surface area contributed by atoms with Gasteiger partial charge in [0.05, 0.1) is 0 Å². The van der Waals surface area contributed by atoms with Gasteiger partial charge in [0.25, 0.3) is 0 Å². The van der Waals surface area contributed by atoms with Crippen LogP contribution in [0.25, 0.3) is 75.2 Å². The van der Waals surface area contributed by atoms with Crippen molar-refractivity contribution >= 4 is 81.2 Å². The van der Waals surface area contributed by atoms with E-state index in [0.29, 0.717) is 0 Å². The van der Waals surface area contributed by atoms with Gasteiger partial charge in [-0.3, -0.25) is 5.32 Å². The minimum atomic E-state index is -0.297. The molecule has 0 fully saturated rings. The summed E-state index contributed by atoms with van der Waals surface area (Å²) in [5, 5.41) is 14.4. The Morgan fingerprint density at radius 3 is 2.00 bits per heavy atom. The van der Waals surface area contributed by atoms with Gasteiger partial charge in [-0.2, -0.15) is 0 Å². The summed E-state index contributed by atoms with van der Waals surface area (Å²) in [5.41, 5.74) is 8.96. The van der Waals surface area contributed by atoms with Crippen molar-refractivity contribution in [3.05, 3.63) is 168 Å². The molecule has 7 aromatic carbocycles. The summed E-state index contributed by atoms with van der Waals surface area (Å²) >= 11 is 1.85. The van der Waals surface area contributed by atoms with Crippen LogP contribution in [0.5, 0.6) is 0 Å². The Morgan fingerprint density at radius 1 is 0.490 bits per heavy atom. The maximum Gasteiger partial charge on any atom is 0.136 e. The molecule has 1 aliphatic rings. The molecule has 242 valence electrons. The van der Waals surface area contributed by atoms with Crippen LogP contribution < -0.4 is 10.6 Å². The molecule has 4 heterocycles. The minimum absolute atomic E-state index is 0.152. The molecule has 6 heteroatoms. The van der Waals surface area contributed by atoms with Crippen molar-refractivity contribution in [1.29, 1.82) is 0 Å². The van der Waals surface area contributed by atoms with E-state index in [-0.39, 0.29) is 12.3 Å². The van der Waals surface area contributed by atoms with E-state index in [2.05, 4.69) is 138 Å². The molecule has 0 bridgehead atoms. The molecule has 2 atom stereocenters. The molecule has 0 saturated heterocycles. The number of nitrogens with zero attached hydrogens (tertiary/aromatic N) is 1. The lowest BCUT2D eigenvalue weighted by atomic mass is 10.0. The van der Waals surface area contributed by atoms with Crippen LogP contribution in [0.15, 0.2) is 165 Å². The van der Waals surface area contributed by atoms with Gasteiger partial charge in [0, 0.05) is 47.3 Å². The molecule has 0 radical (unpaired) electrons. The summed E-state index contributed by atoms with van der Waals surface area (Å²) in [4.78, 5) is 5.23. The van der Waals surface area contributed by atoms with Gasteiger partial charge in [0.1, 0.15) is 40.5 Å².